The number of aliphatic hydroxyl groups is 1. The maximum atomic E-state index is 11.9. The Bertz CT molecular complexity index is 380. The molecule has 1 aromatic heterocycles. The van der Waals surface area contributed by atoms with Crippen LogP contribution in [0.1, 0.15) is 16.1 Å². The van der Waals surface area contributed by atoms with Gasteiger partial charge in [-0.3, -0.25) is 9.69 Å². The summed E-state index contributed by atoms with van der Waals surface area (Å²) in [6.07, 6.45) is 0.981. The molecule has 3 nitrogen and oxygen atoms in total. The summed E-state index contributed by atoms with van der Waals surface area (Å²) < 4.78 is 0.651. The van der Waals surface area contributed by atoms with E-state index in [0.717, 1.165) is 24.4 Å². The van der Waals surface area contributed by atoms with Crippen LogP contribution in [0.4, 0.5) is 0 Å². The molecule has 1 aliphatic rings. The predicted octanol–water partition coefficient (Wildman–Crippen LogP) is 1.90. The summed E-state index contributed by atoms with van der Waals surface area (Å²) in [6.45, 7) is 2.38. The second-order valence-electron chi connectivity index (χ2n) is 4.10. The average Bonchev–Trinajstić information content (AvgIpc) is 2.87. The topological polar surface area (TPSA) is 40.5 Å². The fourth-order valence-electron chi connectivity index (χ4n) is 1.95. The number of rotatable bonds is 4. The van der Waals surface area contributed by atoms with E-state index in [1.807, 2.05) is 0 Å². The van der Waals surface area contributed by atoms with Gasteiger partial charge in [0.2, 0.25) is 0 Å². The molecule has 88 valence electrons. The maximum Gasteiger partial charge on any atom is 0.186 e. The molecule has 1 N–H and O–H groups in total. The van der Waals surface area contributed by atoms with Crippen LogP contribution in [0.2, 0.25) is 4.34 Å². The molecule has 1 atom stereocenters. The summed E-state index contributed by atoms with van der Waals surface area (Å²) in [7, 11) is 0. The van der Waals surface area contributed by atoms with Crippen molar-refractivity contribution < 1.29 is 9.90 Å². The summed E-state index contributed by atoms with van der Waals surface area (Å²) in [4.78, 5) is 14.7. The monoisotopic (exact) mass is 259 g/mol. The molecule has 5 heteroatoms. The van der Waals surface area contributed by atoms with E-state index >= 15 is 0 Å². The smallest absolute Gasteiger partial charge is 0.186 e. The number of halogens is 1. The van der Waals surface area contributed by atoms with Gasteiger partial charge in [0.15, 0.2) is 5.78 Å². The van der Waals surface area contributed by atoms with E-state index in [1.165, 1.54) is 11.3 Å². The van der Waals surface area contributed by atoms with E-state index in [-0.39, 0.29) is 12.4 Å². The van der Waals surface area contributed by atoms with Crippen molar-refractivity contribution in [1.29, 1.82) is 0 Å². The minimum Gasteiger partial charge on any atom is -0.396 e. The second kappa shape index (κ2) is 5.27. The van der Waals surface area contributed by atoms with Crippen molar-refractivity contribution in [3.05, 3.63) is 21.3 Å². The number of thiophene rings is 1. The second-order valence-corrected chi connectivity index (χ2v) is 5.81. The Balaban J connectivity index is 1.89. The molecule has 0 amide bonds. The fraction of sp³-hybridized carbons (Fsp3) is 0.545. The Labute approximate surface area is 104 Å². The fourth-order valence-corrected chi connectivity index (χ4v) is 2.92. The number of ketones is 1. The highest BCUT2D eigenvalue weighted by Crippen LogP contribution is 2.23. The molecular weight excluding hydrogens is 246 g/mol. The van der Waals surface area contributed by atoms with Crippen molar-refractivity contribution in [1.82, 2.24) is 4.90 Å². The largest absolute Gasteiger partial charge is 0.396 e. The van der Waals surface area contributed by atoms with Crippen LogP contribution in [0, 0.1) is 5.92 Å². The van der Waals surface area contributed by atoms with Gasteiger partial charge in [-0.05, 0) is 31.0 Å². The highest BCUT2D eigenvalue weighted by Gasteiger charge is 2.24. The molecule has 0 spiro atoms. The van der Waals surface area contributed by atoms with Crippen molar-refractivity contribution >= 4 is 28.7 Å². The van der Waals surface area contributed by atoms with Crippen LogP contribution in [-0.4, -0.2) is 42.0 Å². The van der Waals surface area contributed by atoms with Gasteiger partial charge in [0.1, 0.15) is 0 Å². The molecule has 1 aliphatic heterocycles. The Morgan fingerprint density at radius 3 is 3.00 bits per heavy atom. The van der Waals surface area contributed by atoms with E-state index in [2.05, 4.69) is 4.90 Å². The van der Waals surface area contributed by atoms with E-state index in [1.54, 1.807) is 12.1 Å². The Morgan fingerprint density at radius 1 is 1.62 bits per heavy atom. The number of Topliss-reactive ketones (excluding diaryl/α,β-unsaturated/α-hetero) is 1. The van der Waals surface area contributed by atoms with Crippen molar-refractivity contribution in [2.24, 2.45) is 5.92 Å². The van der Waals surface area contributed by atoms with Gasteiger partial charge < -0.3 is 5.11 Å². The van der Waals surface area contributed by atoms with E-state index < -0.39 is 0 Å². The number of carbonyl (C=O) groups excluding carboxylic acids is 1. The number of likely N-dealkylation sites (tertiary alicyclic amines) is 1. The summed E-state index contributed by atoms with van der Waals surface area (Å²) in [5.41, 5.74) is 0. The van der Waals surface area contributed by atoms with Crippen LogP contribution in [0.5, 0.6) is 0 Å². The van der Waals surface area contributed by atoms with E-state index in [0.29, 0.717) is 16.8 Å². The Morgan fingerprint density at radius 2 is 2.44 bits per heavy atom. The zero-order valence-corrected chi connectivity index (χ0v) is 10.4. The van der Waals surface area contributed by atoms with E-state index in [4.69, 9.17) is 16.7 Å². The van der Waals surface area contributed by atoms with Crippen LogP contribution in [0.15, 0.2) is 12.1 Å². The molecule has 1 saturated heterocycles. The average molecular weight is 260 g/mol. The molecule has 16 heavy (non-hydrogen) atoms. The van der Waals surface area contributed by atoms with Gasteiger partial charge in [-0.2, -0.15) is 0 Å². The molecule has 0 saturated carbocycles. The minimum absolute atomic E-state index is 0.121. The lowest BCUT2D eigenvalue weighted by molar-refractivity contribution is 0.0944. The molecule has 2 rings (SSSR count). The lowest BCUT2D eigenvalue weighted by atomic mass is 10.1. The highest BCUT2D eigenvalue weighted by atomic mass is 35.5. The first kappa shape index (κ1) is 12.0. The van der Waals surface area contributed by atoms with Crippen LogP contribution >= 0.6 is 22.9 Å². The first-order valence-electron chi connectivity index (χ1n) is 5.31. The zero-order chi connectivity index (χ0) is 11.5. The molecule has 1 aromatic rings. The lowest BCUT2D eigenvalue weighted by Crippen LogP contribution is -2.27. The van der Waals surface area contributed by atoms with Crippen molar-refractivity contribution in [2.75, 3.05) is 26.2 Å². The summed E-state index contributed by atoms with van der Waals surface area (Å²) >= 11 is 7.11. The van der Waals surface area contributed by atoms with Crippen molar-refractivity contribution in [2.45, 2.75) is 6.42 Å². The third-order valence-corrected chi connectivity index (χ3v) is 4.12. The number of hydrogen-bond donors (Lipinski definition) is 1. The zero-order valence-electron chi connectivity index (χ0n) is 8.86. The molecule has 0 aliphatic carbocycles. The van der Waals surface area contributed by atoms with Crippen LogP contribution in [-0.2, 0) is 0 Å². The summed E-state index contributed by atoms with van der Waals surface area (Å²) in [6, 6.07) is 3.52. The van der Waals surface area contributed by atoms with Crippen LogP contribution < -0.4 is 0 Å². The molecule has 0 aromatic carbocycles. The molecule has 2 heterocycles. The molecule has 1 fully saturated rings. The Hall–Kier alpha value is -0.420. The third-order valence-electron chi connectivity index (χ3n) is 2.84. The van der Waals surface area contributed by atoms with Crippen molar-refractivity contribution in [3.63, 3.8) is 0 Å². The van der Waals surface area contributed by atoms with Crippen LogP contribution in [0.3, 0.4) is 0 Å². The quantitative estimate of drug-likeness (QED) is 0.840. The summed E-state index contributed by atoms with van der Waals surface area (Å²) in [5.74, 6) is 0.454. The van der Waals surface area contributed by atoms with Gasteiger partial charge >= 0.3 is 0 Å². The predicted molar refractivity (Wildman–Crippen MR) is 65.3 cm³/mol. The minimum atomic E-state index is 0.121. The van der Waals surface area contributed by atoms with Crippen LogP contribution in [0.25, 0.3) is 0 Å². The summed E-state index contributed by atoms with van der Waals surface area (Å²) in [5, 5.41) is 9.01. The molecule has 1 unspecified atom stereocenters. The van der Waals surface area contributed by atoms with Gasteiger partial charge in [0.05, 0.1) is 15.8 Å². The first-order chi connectivity index (χ1) is 7.69. The number of carbonyl (C=O) groups is 1. The number of aliphatic hydroxyl groups excluding tert-OH is 1. The standard InChI is InChI=1S/C11H14ClNO2S/c12-11-2-1-10(16-11)9(15)6-13-4-3-8(5-13)7-14/h1-2,8,14H,3-7H2. The number of hydrogen-bond acceptors (Lipinski definition) is 4. The lowest BCUT2D eigenvalue weighted by Gasteiger charge is -2.13. The molecular formula is C11H14ClNO2S. The molecule has 0 bridgehead atoms. The highest BCUT2D eigenvalue weighted by molar-refractivity contribution is 7.18. The van der Waals surface area contributed by atoms with Gasteiger partial charge in [-0.25, -0.2) is 0 Å². The third kappa shape index (κ3) is 2.83. The van der Waals surface area contributed by atoms with Crippen molar-refractivity contribution in [3.8, 4) is 0 Å². The van der Waals surface area contributed by atoms with Gasteiger partial charge in [-0.15, -0.1) is 11.3 Å². The number of nitrogens with zero attached hydrogens (tertiary/aromatic N) is 1. The SMILES string of the molecule is O=C(CN1CCC(CO)C1)c1ccc(Cl)s1. The van der Waals surface area contributed by atoms with Gasteiger partial charge in [0.25, 0.3) is 0 Å². The first-order valence-corrected chi connectivity index (χ1v) is 6.50. The maximum absolute atomic E-state index is 11.9. The van der Waals surface area contributed by atoms with E-state index in [9.17, 15) is 4.79 Å². The van der Waals surface area contributed by atoms with Gasteiger partial charge in [0, 0.05) is 13.2 Å². The molecule has 0 radical (unpaired) electrons. The van der Waals surface area contributed by atoms with Gasteiger partial charge in [-0.1, -0.05) is 11.6 Å². The normalized spacial score (nSPS) is 21.5. The Kier molecular flexibility index (Phi) is 3.97.